The number of aliphatic hydroxyl groups excluding tert-OH is 8. The van der Waals surface area contributed by atoms with Crippen molar-refractivity contribution in [1.82, 2.24) is 5.32 Å². The van der Waals surface area contributed by atoms with Crippen molar-refractivity contribution in [3.63, 3.8) is 0 Å². The molecule has 12 atom stereocenters. The molecular formula is C57H107NO13. The number of unbranched alkanes of at least 4 members (excludes halogenated alkanes) is 31. The first-order valence-corrected chi connectivity index (χ1v) is 29.1. The molecule has 14 heteroatoms. The Morgan fingerprint density at radius 2 is 0.901 bits per heavy atom. The first-order chi connectivity index (χ1) is 34.6. The van der Waals surface area contributed by atoms with Crippen LogP contribution >= 0.6 is 0 Å². The van der Waals surface area contributed by atoms with Crippen LogP contribution in [0, 0.1) is 0 Å². The fourth-order valence-electron chi connectivity index (χ4n) is 9.66. The zero-order valence-corrected chi connectivity index (χ0v) is 44.7. The highest BCUT2D eigenvalue weighted by molar-refractivity contribution is 5.76. The van der Waals surface area contributed by atoms with Gasteiger partial charge in [0, 0.05) is 6.42 Å². The first-order valence-electron chi connectivity index (χ1n) is 29.1. The molecule has 14 nitrogen and oxygen atoms in total. The van der Waals surface area contributed by atoms with Crippen molar-refractivity contribution in [3.05, 3.63) is 24.3 Å². The summed E-state index contributed by atoms with van der Waals surface area (Å²) in [6.45, 7) is 2.78. The molecule has 0 aromatic rings. The number of hydrogen-bond donors (Lipinski definition) is 9. The van der Waals surface area contributed by atoms with Gasteiger partial charge in [-0.2, -0.15) is 0 Å². The molecule has 2 rings (SSSR count). The van der Waals surface area contributed by atoms with E-state index < -0.39 is 86.8 Å². The molecule has 418 valence electrons. The molecule has 2 saturated heterocycles. The van der Waals surface area contributed by atoms with Crippen LogP contribution in [0.15, 0.2) is 24.3 Å². The molecule has 71 heavy (non-hydrogen) atoms. The highest BCUT2D eigenvalue weighted by Gasteiger charge is 2.51. The minimum Gasteiger partial charge on any atom is -0.394 e. The minimum absolute atomic E-state index is 0.249. The van der Waals surface area contributed by atoms with Crippen molar-refractivity contribution in [2.24, 2.45) is 0 Å². The van der Waals surface area contributed by atoms with Crippen molar-refractivity contribution in [2.75, 3.05) is 19.8 Å². The number of nitrogens with one attached hydrogen (secondary N) is 1. The van der Waals surface area contributed by atoms with E-state index in [9.17, 15) is 45.6 Å². The Hall–Kier alpha value is -1.53. The van der Waals surface area contributed by atoms with Crippen molar-refractivity contribution < 1.29 is 64.6 Å². The van der Waals surface area contributed by atoms with Crippen molar-refractivity contribution in [3.8, 4) is 0 Å². The molecule has 1 amide bonds. The number of allylic oxidation sites excluding steroid dienone is 3. The molecule has 0 radical (unpaired) electrons. The Kier molecular flexibility index (Phi) is 40.4. The summed E-state index contributed by atoms with van der Waals surface area (Å²) in [5.41, 5.74) is 0. The van der Waals surface area contributed by atoms with Crippen molar-refractivity contribution in [1.29, 1.82) is 0 Å². The topological polar surface area (TPSA) is 228 Å². The van der Waals surface area contributed by atoms with Gasteiger partial charge in [0.15, 0.2) is 12.6 Å². The summed E-state index contributed by atoms with van der Waals surface area (Å²) in [6.07, 6.45) is 33.8. The quantitative estimate of drug-likeness (QED) is 0.0205. The van der Waals surface area contributed by atoms with E-state index >= 15 is 0 Å². The number of aliphatic hydroxyl groups is 8. The van der Waals surface area contributed by atoms with Gasteiger partial charge >= 0.3 is 0 Å². The normalized spacial score (nSPS) is 25.9. The molecule has 2 fully saturated rings. The first kappa shape index (κ1) is 65.6. The molecule has 2 aliphatic heterocycles. The summed E-state index contributed by atoms with van der Waals surface area (Å²) in [4.78, 5) is 13.2. The van der Waals surface area contributed by atoms with Crippen LogP contribution in [0.3, 0.4) is 0 Å². The van der Waals surface area contributed by atoms with Gasteiger partial charge in [0.2, 0.25) is 5.91 Å². The fraction of sp³-hybridized carbons (Fsp3) is 0.912. The maximum atomic E-state index is 13.2. The molecule has 2 heterocycles. The zero-order chi connectivity index (χ0) is 51.7. The lowest BCUT2D eigenvalue weighted by atomic mass is 9.97. The van der Waals surface area contributed by atoms with E-state index in [0.717, 1.165) is 32.1 Å². The summed E-state index contributed by atoms with van der Waals surface area (Å²) in [5, 5.41) is 86.9. The highest BCUT2D eigenvalue weighted by Crippen LogP contribution is 2.30. The Bertz CT molecular complexity index is 1290. The molecule has 0 aliphatic carbocycles. The zero-order valence-electron chi connectivity index (χ0n) is 44.7. The molecule has 0 spiro atoms. The third-order valence-electron chi connectivity index (χ3n) is 14.4. The minimum atomic E-state index is -1.79. The van der Waals surface area contributed by atoms with Crippen LogP contribution < -0.4 is 5.32 Å². The fourth-order valence-corrected chi connectivity index (χ4v) is 9.66. The third kappa shape index (κ3) is 30.0. The van der Waals surface area contributed by atoms with Gasteiger partial charge in [0.1, 0.15) is 48.8 Å². The van der Waals surface area contributed by atoms with Gasteiger partial charge in [0.25, 0.3) is 0 Å². The second-order valence-corrected chi connectivity index (χ2v) is 20.8. The summed E-state index contributed by atoms with van der Waals surface area (Å²) in [7, 11) is 0. The number of hydrogen-bond acceptors (Lipinski definition) is 13. The molecule has 0 saturated carbocycles. The van der Waals surface area contributed by atoms with E-state index in [2.05, 4.69) is 31.3 Å². The van der Waals surface area contributed by atoms with Crippen LogP contribution in [0.5, 0.6) is 0 Å². The van der Waals surface area contributed by atoms with Crippen LogP contribution in [0.2, 0.25) is 0 Å². The van der Waals surface area contributed by atoms with E-state index in [-0.39, 0.29) is 18.9 Å². The standard InChI is InChI=1S/C57H107NO13/c1-3-5-7-9-11-13-15-16-17-18-19-20-21-22-23-24-25-26-27-28-29-31-32-34-36-38-40-46(61)45(58-49(62)41-39-37-35-33-30-14-12-10-8-6-4-2)44-68-56-54(67)52(65)55(48(43-60)70-56)71-57-53(66)51(64)50(63)47(42-59)69-57/h31-32,38,40,45-48,50-57,59-61,63-67H,3-30,33-37,39,41-44H2,1-2H3,(H,58,62)/b32-31+,40-38+. The number of carbonyl (C=O) groups excluding carboxylic acids is 1. The Morgan fingerprint density at radius 3 is 1.38 bits per heavy atom. The average Bonchev–Trinajstić information content (AvgIpc) is 3.37. The lowest BCUT2D eigenvalue weighted by Crippen LogP contribution is -2.65. The third-order valence-corrected chi connectivity index (χ3v) is 14.4. The smallest absolute Gasteiger partial charge is 0.220 e. The Morgan fingerprint density at radius 1 is 0.493 bits per heavy atom. The van der Waals surface area contributed by atoms with E-state index in [1.54, 1.807) is 6.08 Å². The van der Waals surface area contributed by atoms with Crippen LogP contribution in [0.25, 0.3) is 0 Å². The average molecular weight is 1010 g/mol. The SMILES string of the molecule is CCCCCCCCCCCCCCCCCCCCCC/C=C/CC/C=C/C(O)C(COC1OC(CO)C(OC2OC(CO)C(O)C(O)C2O)C(O)C1O)NC(=O)CCCCCCCCCCCCC. The van der Waals surface area contributed by atoms with Gasteiger partial charge < -0.3 is 65.1 Å². The monoisotopic (exact) mass is 1010 g/mol. The summed E-state index contributed by atoms with van der Waals surface area (Å²) >= 11 is 0. The number of rotatable bonds is 46. The second-order valence-electron chi connectivity index (χ2n) is 20.8. The van der Waals surface area contributed by atoms with Gasteiger partial charge in [-0.25, -0.2) is 0 Å². The largest absolute Gasteiger partial charge is 0.394 e. The van der Waals surface area contributed by atoms with E-state index in [1.165, 1.54) is 173 Å². The molecule has 2 aliphatic rings. The van der Waals surface area contributed by atoms with Crippen LogP contribution in [-0.2, 0) is 23.7 Å². The van der Waals surface area contributed by atoms with E-state index in [1.807, 2.05) is 6.08 Å². The van der Waals surface area contributed by atoms with Crippen molar-refractivity contribution in [2.45, 2.75) is 312 Å². The molecule has 0 aromatic carbocycles. The molecular weight excluding hydrogens is 907 g/mol. The molecule has 9 N–H and O–H groups in total. The van der Waals surface area contributed by atoms with Gasteiger partial charge in [-0.15, -0.1) is 0 Å². The lowest BCUT2D eigenvalue weighted by molar-refractivity contribution is -0.359. The van der Waals surface area contributed by atoms with Gasteiger partial charge in [-0.05, 0) is 32.1 Å². The summed E-state index contributed by atoms with van der Waals surface area (Å²) in [6, 6.07) is -0.926. The maximum Gasteiger partial charge on any atom is 0.220 e. The molecule has 12 unspecified atom stereocenters. The second kappa shape index (κ2) is 43.7. The predicted molar refractivity (Wildman–Crippen MR) is 282 cm³/mol. The van der Waals surface area contributed by atoms with Crippen LogP contribution in [0.4, 0.5) is 0 Å². The number of ether oxygens (including phenoxy) is 4. The number of amides is 1. The number of carbonyl (C=O) groups is 1. The van der Waals surface area contributed by atoms with Crippen LogP contribution in [0.1, 0.15) is 239 Å². The van der Waals surface area contributed by atoms with Gasteiger partial charge in [-0.3, -0.25) is 4.79 Å². The molecule has 0 bridgehead atoms. The summed E-state index contributed by atoms with van der Waals surface area (Å²) < 4.78 is 22.7. The Balaban J connectivity index is 1.74. The van der Waals surface area contributed by atoms with Crippen LogP contribution in [-0.4, -0.2) is 140 Å². The van der Waals surface area contributed by atoms with E-state index in [4.69, 9.17) is 18.9 Å². The maximum absolute atomic E-state index is 13.2. The Labute approximate surface area is 430 Å². The molecule has 0 aromatic heterocycles. The highest BCUT2D eigenvalue weighted by atomic mass is 16.7. The lowest BCUT2D eigenvalue weighted by Gasteiger charge is -2.46. The van der Waals surface area contributed by atoms with Gasteiger partial charge in [0.05, 0.1) is 32.0 Å². The van der Waals surface area contributed by atoms with Crippen molar-refractivity contribution >= 4 is 5.91 Å². The van der Waals surface area contributed by atoms with E-state index in [0.29, 0.717) is 12.8 Å². The summed E-state index contributed by atoms with van der Waals surface area (Å²) in [5.74, 6) is -0.249. The van der Waals surface area contributed by atoms with Gasteiger partial charge in [-0.1, -0.05) is 224 Å². The predicted octanol–water partition coefficient (Wildman–Crippen LogP) is 9.28.